The first kappa shape index (κ1) is 21.4. The van der Waals surface area contributed by atoms with E-state index in [0.717, 1.165) is 6.42 Å². The van der Waals surface area contributed by atoms with Crippen LogP contribution >= 0.6 is 7.60 Å². The van der Waals surface area contributed by atoms with Gasteiger partial charge in [0.2, 0.25) is 5.91 Å². The van der Waals surface area contributed by atoms with Gasteiger partial charge < -0.3 is 20.1 Å². The van der Waals surface area contributed by atoms with Crippen LogP contribution in [-0.4, -0.2) is 31.2 Å². The number of allylic oxidation sites excluding steroid dienone is 1. The largest absolute Gasteiger partial charge is 0.357 e. The third-order valence-electron chi connectivity index (χ3n) is 4.20. The lowest BCUT2D eigenvalue weighted by molar-refractivity contribution is -0.120. The fourth-order valence-electron chi connectivity index (χ4n) is 3.26. The third kappa shape index (κ3) is 5.99. The van der Waals surface area contributed by atoms with Gasteiger partial charge in [0.15, 0.2) is 0 Å². The van der Waals surface area contributed by atoms with Crippen LogP contribution in [0, 0.1) is 11.8 Å². The van der Waals surface area contributed by atoms with Crippen LogP contribution in [0.2, 0.25) is 0 Å². The molecule has 0 radical (unpaired) electrons. The van der Waals surface area contributed by atoms with E-state index in [4.69, 9.17) is 14.8 Å². The van der Waals surface area contributed by atoms with Crippen LogP contribution in [0.3, 0.4) is 0 Å². The second kappa shape index (κ2) is 9.71. The summed E-state index contributed by atoms with van der Waals surface area (Å²) in [6.45, 7) is 10.0. The van der Waals surface area contributed by atoms with E-state index in [1.165, 1.54) is 6.92 Å². The molecule has 3 atom stereocenters. The molecule has 0 saturated carbocycles. The number of hydrogen-bond donors (Lipinski definition) is 2. The lowest BCUT2D eigenvalue weighted by Gasteiger charge is -2.37. The van der Waals surface area contributed by atoms with Gasteiger partial charge in [-0.1, -0.05) is 19.9 Å². The van der Waals surface area contributed by atoms with Crippen LogP contribution in [0.4, 0.5) is 0 Å². The number of nitrogens with one attached hydrogen (secondary N) is 1. The summed E-state index contributed by atoms with van der Waals surface area (Å²) in [4.78, 5) is 11.5. The van der Waals surface area contributed by atoms with Crippen LogP contribution in [0.5, 0.6) is 0 Å². The van der Waals surface area contributed by atoms with Gasteiger partial charge in [0, 0.05) is 24.3 Å². The second-order valence-electron chi connectivity index (χ2n) is 6.73. The predicted octanol–water partition coefficient (Wildman–Crippen LogP) is 3.42. The Morgan fingerprint density at radius 1 is 1.38 bits per heavy atom. The zero-order chi connectivity index (χ0) is 18.3. The van der Waals surface area contributed by atoms with E-state index in [1.807, 2.05) is 6.08 Å². The van der Waals surface area contributed by atoms with Gasteiger partial charge in [0.25, 0.3) is 0 Å². The minimum absolute atomic E-state index is 0.0221. The number of carbonyl (C=O) groups excluding carboxylic acids is 1. The number of carbonyl (C=O) groups is 1. The zero-order valence-electron chi connectivity index (χ0n) is 15.6. The van der Waals surface area contributed by atoms with Gasteiger partial charge in [-0.05, 0) is 44.9 Å². The molecule has 6 nitrogen and oxygen atoms in total. The molecule has 0 aromatic heterocycles. The summed E-state index contributed by atoms with van der Waals surface area (Å²) in [5, 5.41) is 3.70. The maximum absolute atomic E-state index is 12.9. The summed E-state index contributed by atoms with van der Waals surface area (Å²) in [5.41, 5.74) is 6.39. The van der Waals surface area contributed by atoms with Crippen molar-refractivity contribution in [1.82, 2.24) is 5.32 Å². The van der Waals surface area contributed by atoms with E-state index in [2.05, 4.69) is 19.2 Å². The standard InChI is InChI=1S/C17H33N2O4P/c1-6-22-24(21,23-7-2)14-8-9-15(16(18)11-14)17(10-12(3)4)19-13(5)20/h8,12,15-17H,6-7,9-11,18H2,1-5H3,(H,19,20). The average molecular weight is 360 g/mol. The van der Waals surface area contributed by atoms with E-state index in [1.54, 1.807) is 13.8 Å². The minimum Gasteiger partial charge on any atom is -0.353 e. The lowest BCUT2D eigenvalue weighted by atomic mass is 9.80. The predicted molar refractivity (Wildman–Crippen MR) is 96.7 cm³/mol. The highest BCUT2D eigenvalue weighted by Crippen LogP contribution is 2.59. The summed E-state index contributed by atoms with van der Waals surface area (Å²) in [5.74, 6) is 0.533. The highest BCUT2D eigenvalue weighted by Gasteiger charge is 2.38. The molecule has 0 saturated heterocycles. The number of amides is 1. The van der Waals surface area contributed by atoms with Crippen molar-refractivity contribution in [2.75, 3.05) is 13.2 Å². The van der Waals surface area contributed by atoms with Crippen molar-refractivity contribution in [3.8, 4) is 0 Å². The Hall–Kier alpha value is -0.680. The van der Waals surface area contributed by atoms with Crippen molar-refractivity contribution in [2.24, 2.45) is 17.6 Å². The van der Waals surface area contributed by atoms with Crippen molar-refractivity contribution in [3.05, 3.63) is 11.4 Å². The summed E-state index contributed by atoms with van der Waals surface area (Å²) in [6, 6.07) is -0.163. The first-order valence-electron chi connectivity index (χ1n) is 8.84. The van der Waals surface area contributed by atoms with Crippen LogP contribution in [0.1, 0.15) is 53.9 Å². The quantitative estimate of drug-likeness (QED) is 0.615. The zero-order valence-corrected chi connectivity index (χ0v) is 16.5. The molecular weight excluding hydrogens is 327 g/mol. The molecule has 0 fully saturated rings. The average Bonchev–Trinajstić information content (AvgIpc) is 2.46. The molecule has 24 heavy (non-hydrogen) atoms. The molecule has 0 aromatic rings. The third-order valence-corrected chi connectivity index (χ3v) is 6.47. The topological polar surface area (TPSA) is 90.6 Å². The Kier molecular flexibility index (Phi) is 8.65. The normalized spacial score (nSPS) is 23.0. The smallest absolute Gasteiger partial charge is 0.353 e. The molecule has 7 heteroatoms. The van der Waals surface area contributed by atoms with Gasteiger partial charge in [0.1, 0.15) is 0 Å². The Labute approximate surface area is 146 Å². The highest BCUT2D eigenvalue weighted by atomic mass is 31.2. The summed E-state index contributed by atoms with van der Waals surface area (Å²) < 4.78 is 23.8. The first-order chi connectivity index (χ1) is 11.2. The fraction of sp³-hybridized carbons (Fsp3) is 0.824. The van der Waals surface area contributed by atoms with Gasteiger partial charge in [-0.2, -0.15) is 0 Å². The summed E-state index contributed by atoms with van der Waals surface area (Å²) >= 11 is 0. The Morgan fingerprint density at radius 2 is 1.96 bits per heavy atom. The number of hydrogen-bond acceptors (Lipinski definition) is 5. The molecule has 1 rings (SSSR count). The van der Waals surface area contributed by atoms with E-state index in [0.29, 0.717) is 37.3 Å². The molecule has 1 aliphatic carbocycles. The monoisotopic (exact) mass is 360 g/mol. The van der Waals surface area contributed by atoms with E-state index >= 15 is 0 Å². The van der Waals surface area contributed by atoms with Crippen LogP contribution in [-0.2, 0) is 18.4 Å². The van der Waals surface area contributed by atoms with E-state index in [-0.39, 0.29) is 23.9 Å². The SMILES string of the molecule is CCOP(=O)(OCC)C1=CCC(C(CC(C)C)NC(C)=O)C(N)C1. The van der Waals surface area contributed by atoms with Crippen LogP contribution in [0.15, 0.2) is 11.4 Å². The van der Waals surface area contributed by atoms with E-state index < -0.39 is 7.60 Å². The molecular formula is C17H33N2O4P. The van der Waals surface area contributed by atoms with Crippen molar-refractivity contribution >= 4 is 13.5 Å². The fourth-order valence-corrected chi connectivity index (χ4v) is 5.11. The van der Waals surface area contributed by atoms with Crippen LogP contribution < -0.4 is 11.1 Å². The molecule has 0 heterocycles. The second-order valence-corrected chi connectivity index (χ2v) is 8.82. The lowest BCUT2D eigenvalue weighted by Crippen LogP contribution is -2.48. The number of rotatable bonds is 9. The molecule has 0 bridgehead atoms. The van der Waals surface area contributed by atoms with Gasteiger partial charge in [0.05, 0.1) is 13.2 Å². The summed E-state index contributed by atoms with van der Waals surface area (Å²) in [6.07, 6.45) is 3.94. The van der Waals surface area contributed by atoms with Gasteiger partial charge in [-0.25, -0.2) is 0 Å². The van der Waals surface area contributed by atoms with E-state index in [9.17, 15) is 9.36 Å². The van der Waals surface area contributed by atoms with Crippen molar-refractivity contribution in [1.29, 1.82) is 0 Å². The first-order valence-corrected chi connectivity index (χ1v) is 10.4. The Morgan fingerprint density at radius 3 is 2.38 bits per heavy atom. The molecule has 0 spiro atoms. The van der Waals surface area contributed by atoms with Crippen molar-refractivity contribution in [3.63, 3.8) is 0 Å². The van der Waals surface area contributed by atoms with Crippen molar-refractivity contribution < 1.29 is 18.4 Å². The Balaban J connectivity index is 2.95. The minimum atomic E-state index is -3.25. The van der Waals surface area contributed by atoms with Gasteiger partial charge in [-0.3, -0.25) is 9.36 Å². The summed E-state index contributed by atoms with van der Waals surface area (Å²) in [7, 11) is -3.25. The highest BCUT2D eigenvalue weighted by molar-refractivity contribution is 7.58. The van der Waals surface area contributed by atoms with Crippen molar-refractivity contribution in [2.45, 2.75) is 66.0 Å². The molecule has 1 amide bonds. The number of nitrogens with two attached hydrogens (primary N) is 1. The molecule has 3 N–H and O–H groups in total. The Bertz CT molecular complexity index is 483. The van der Waals surface area contributed by atoms with Gasteiger partial charge in [-0.15, -0.1) is 0 Å². The molecule has 1 aliphatic rings. The molecule has 140 valence electrons. The van der Waals surface area contributed by atoms with Gasteiger partial charge >= 0.3 is 7.60 Å². The molecule has 0 aromatic carbocycles. The maximum atomic E-state index is 12.9. The molecule has 0 aliphatic heterocycles. The maximum Gasteiger partial charge on any atom is 0.357 e. The molecule has 3 unspecified atom stereocenters. The van der Waals surface area contributed by atoms with Crippen LogP contribution in [0.25, 0.3) is 0 Å².